The van der Waals surface area contributed by atoms with Gasteiger partial charge in [0.2, 0.25) is 0 Å². The van der Waals surface area contributed by atoms with Crippen LogP contribution < -0.4 is 0 Å². The standard InChI is InChI=1S/C33H26N2/c1-21-18-22(24-12-8-16-30-32(24)26-10-4-6-14-28(26)34(30)2)20-23(19-21)25-13-9-17-31-33(25)27-11-5-7-15-29(27)35(31)3/h4-20H,1-3H3. The zero-order valence-corrected chi connectivity index (χ0v) is 20.2. The van der Waals surface area contributed by atoms with Gasteiger partial charge >= 0.3 is 0 Å². The summed E-state index contributed by atoms with van der Waals surface area (Å²) in [6.07, 6.45) is 0. The van der Waals surface area contributed by atoms with Crippen molar-refractivity contribution in [1.82, 2.24) is 9.13 Å². The predicted octanol–water partition coefficient (Wildman–Crippen LogP) is 8.62. The van der Waals surface area contributed by atoms with Gasteiger partial charge < -0.3 is 9.13 Å². The van der Waals surface area contributed by atoms with E-state index in [2.05, 4.69) is 133 Å². The fraction of sp³-hybridized carbons (Fsp3) is 0.0909. The van der Waals surface area contributed by atoms with Gasteiger partial charge in [-0.2, -0.15) is 0 Å². The van der Waals surface area contributed by atoms with Crippen LogP contribution in [0.2, 0.25) is 0 Å². The minimum absolute atomic E-state index is 1.26. The molecule has 0 aliphatic rings. The maximum Gasteiger partial charge on any atom is 0.0495 e. The predicted molar refractivity (Wildman–Crippen MR) is 150 cm³/mol. The topological polar surface area (TPSA) is 9.86 Å². The van der Waals surface area contributed by atoms with Crippen molar-refractivity contribution < 1.29 is 0 Å². The molecule has 35 heavy (non-hydrogen) atoms. The largest absolute Gasteiger partial charge is 0.344 e. The third-order valence-corrected chi connectivity index (χ3v) is 7.58. The smallest absolute Gasteiger partial charge is 0.0495 e. The van der Waals surface area contributed by atoms with E-state index >= 15 is 0 Å². The van der Waals surface area contributed by atoms with Crippen LogP contribution in [0.3, 0.4) is 0 Å². The Labute approximate surface area is 204 Å². The zero-order chi connectivity index (χ0) is 23.7. The van der Waals surface area contributed by atoms with Gasteiger partial charge in [-0.3, -0.25) is 0 Å². The Morgan fingerprint density at radius 1 is 0.457 bits per heavy atom. The Bertz CT molecular complexity index is 1790. The third-order valence-electron chi connectivity index (χ3n) is 7.58. The van der Waals surface area contributed by atoms with Crippen LogP contribution in [-0.4, -0.2) is 9.13 Å². The first-order chi connectivity index (χ1) is 17.1. The molecule has 2 heteroatoms. The van der Waals surface area contributed by atoms with Gasteiger partial charge in [-0.05, 0) is 65.1 Å². The fourth-order valence-corrected chi connectivity index (χ4v) is 6.00. The van der Waals surface area contributed by atoms with Gasteiger partial charge in [-0.25, -0.2) is 0 Å². The molecule has 0 fully saturated rings. The van der Waals surface area contributed by atoms with Crippen LogP contribution in [-0.2, 0) is 14.1 Å². The number of para-hydroxylation sites is 2. The van der Waals surface area contributed by atoms with E-state index in [1.807, 2.05) is 0 Å². The van der Waals surface area contributed by atoms with Crippen LogP contribution >= 0.6 is 0 Å². The maximum absolute atomic E-state index is 2.38. The first-order valence-electron chi connectivity index (χ1n) is 12.2. The summed E-state index contributed by atoms with van der Waals surface area (Å²) in [5.41, 5.74) is 11.4. The number of benzene rings is 5. The molecule has 0 N–H and O–H groups in total. The minimum atomic E-state index is 1.26. The van der Waals surface area contributed by atoms with Gasteiger partial charge in [0.15, 0.2) is 0 Å². The molecule has 0 radical (unpaired) electrons. The summed E-state index contributed by atoms with van der Waals surface area (Å²) in [7, 11) is 4.33. The molecular weight excluding hydrogens is 424 g/mol. The number of nitrogens with zero attached hydrogens (tertiary/aromatic N) is 2. The van der Waals surface area contributed by atoms with E-state index in [9.17, 15) is 0 Å². The molecule has 0 bridgehead atoms. The Hall–Kier alpha value is -4.30. The van der Waals surface area contributed by atoms with Gasteiger partial charge in [0.1, 0.15) is 0 Å². The molecule has 168 valence electrons. The molecule has 7 rings (SSSR count). The van der Waals surface area contributed by atoms with Crippen molar-refractivity contribution in [2.75, 3.05) is 0 Å². The lowest BCUT2D eigenvalue weighted by molar-refractivity contribution is 1.01. The normalized spacial score (nSPS) is 11.9. The molecule has 0 unspecified atom stereocenters. The number of aryl methyl sites for hydroxylation is 3. The van der Waals surface area contributed by atoms with Crippen molar-refractivity contribution in [3.8, 4) is 22.3 Å². The molecule has 2 nitrogen and oxygen atoms in total. The molecule has 0 amide bonds. The molecule has 5 aromatic carbocycles. The van der Waals surface area contributed by atoms with E-state index in [0.717, 1.165) is 0 Å². The highest BCUT2D eigenvalue weighted by atomic mass is 14.9. The monoisotopic (exact) mass is 450 g/mol. The molecule has 0 spiro atoms. The molecule has 0 aliphatic heterocycles. The lowest BCUT2D eigenvalue weighted by Gasteiger charge is -2.12. The third kappa shape index (κ3) is 2.83. The first kappa shape index (κ1) is 20.1. The van der Waals surface area contributed by atoms with Crippen molar-refractivity contribution >= 4 is 43.6 Å². The molecule has 0 atom stereocenters. The average Bonchev–Trinajstić information content (AvgIpc) is 3.36. The SMILES string of the molecule is Cc1cc(-c2cccc3c2c2ccccc2n3C)cc(-c2cccc3c2c2ccccc2n3C)c1. The van der Waals surface area contributed by atoms with Crippen LogP contribution in [0.5, 0.6) is 0 Å². The minimum Gasteiger partial charge on any atom is -0.344 e. The van der Waals surface area contributed by atoms with Crippen LogP contribution in [0.25, 0.3) is 65.9 Å². The van der Waals surface area contributed by atoms with Crippen LogP contribution in [0.1, 0.15) is 5.56 Å². The van der Waals surface area contributed by atoms with Crippen molar-refractivity contribution in [2.24, 2.45) is 14.1 Å². The second kappa shape index (κ2) is 7.35. The molecule has 2 heterocycles. The number of aromatic nitrogens is 2. The number of hydrogen-bond donors (Lipinski definition) is 0. The number of hydrogen-bond acceptors (Lipinski definition) is 0. The summed E-state index contributed by atoms with van der Waals surface area (Å²) in [5.74, 6) is 0. The highest BCUT2D eigenvalue weighted by Gasteiger charge is 2.16. The van der Waals surface area contributed by atoms with Gasteiger partial charge in [0.25, 0.3) is 0 Å². The van der Waals surface area contributed by atoms with E-state index in [4.69, 9.17) is 0 Å². The lowest BCUT2D eigenvalue weighted by Crippen LogP contribution is -1.89. The quantitative estimate of drug-likeness (QED) is 0.249. The Kier molecular flexibility index (Phi) is 4.22. The highest BCUT2D eigenvalue weighted by molar-refractivity contribution is 6.16. The van der Waals surface area contributed by atoms with Crippen LogP contribution in [0.15, 0.2) is 103 Å². The van der Waals surface area contributed by atoms with Crippen molar-refractivity contribution in [2.45, 2.75) is 6.92 Å². The zero-order valence-electron chi connectivity index (χ0n) is 20.2. The number of fused-ring (bicyclic) bond motifs is 6. The van der Waals surface area contributed by atoms with Crippen molar-refractivity contribution in [1.29, 1.82) is 0 Å². The summed E-state index contributed by atoms with van der Waals surface area (Å²) in [4.78, 5) is 0. The summed E-state index contributed by atoms with van der Waals surface area (Å²) < 4.78 is 4.61. The van der Waals surface area contributed by atoms with E-state index in [-0.39, 0.29) is 0 Å². The van der Waals surface area contributed by atoms with Gasteiger partial charge in [-0.15, -0.1) is 0 Å². The summed E-state index contributed by atoms with van der Waals surface area (Å²) in [6.45, 7) is 2.21. The second-order valence-corrected chi connectivity index (χ2v) is 9.64. The van der Waals surface area contributed by atoms with E-state index < -0.39 is 0 Å². The summed E-state index contributed by atoms with van der Waals surface area (Å²) in [5, 5.41) is 5.26. The average molecular weight is 451 g/mol. The van der Waals surface area contributed by atoms with Gasteiger partial charge in [-0.1, -0.05) is 72.8 Å². The second-order valence-electron chi connectivity index (χ2n) is 9.64. The maximum atomic E-state index is 2.38. The Morgan fingerprint density at radius 2 is 0.886 bits per heavy atom. The van der Waals surface area contributed by atoms with E-state index in [0.29, 0.717) is 0 Å². The first-order valence-corrected chi connectivity index (χ1v) is 12.2. The lowest BCUT2D eigenvalue weighted by atomic mass is 9.92. The highest BCUT2D eigenvalue weighted by Crippen LogP contribution is 2.40. The molecule has 7 aromatic rings. The van der Waals surface area contributed by atoms with Crippen LogP contribution in [0.4, 0.5) is 0 Å². The molecule has 2 aromatic heterocycles. The summed E-state index contributed by atoms with van der Waals surface area (Å²) in [6, 6.07) is 37.8. The Balaban J connectivity index is 1.54. The molecule has 0 saturated carbocycles. The molecule has 0 aliphatic carbocycles. The van der Waals surface area contributed by atoms with Gasteiger partial charge in [0, 0.05) is 57.7 Å². The van der Waals surface area contributed by atoms with Crippen LogP contribution in [0, 0.1) is 6.92 Å². The fourth-order valence-electron chi connectivity index (χ4n) is 6.00. The van der Waals surface area contributed by atoms with Crippen molar-refractivity contribution in [3.63, 3.8) is 0 Å². The van der Waals surface area contributed by atoms with Crippen molar-refractivity contribution in [3.05, 3.63) is 109 Å². The van der Waals surface area contributed by atoms with Gasteiger partial charge in [0.05, 0.1) is 0 Å². The molecular formula is C33H26N2. The summed E-state index contributed by atoms with van der Waals surface area (Å²) >= 11 is 0. The Morgan fingerprint density at radius 3 is 1.37 bits per heavy atom. The molecule has 0 saturated heterocycles. The number of rotatable bonds is 2. The van der Waals surface area contributed by atoms with E-state index in [1.54, 1.807) is 0 Å². The van der Waals surface area contributed by atoms with E-state index in [1.165, 1.54) is 71.4 Å².